The summed E-state index contributed by atoms with van der Waals surface area (Å²) in [6.07, 6.45) is 1.58. The molecular formula is C23H18F2N4O4S. The number of aryl methyl sites for hydroxylation is 1. The highest BCUT2D eigenvalue weighted by Gasteiger charge is 2.34. The summed E-state index contributed by atoms with van der Waals surface area (Å²) >= 11 is 0.724. The van der Waals surface area contributed by atoms with E-state index in [4.69, 9.17) is 4.52 Å². The lowest BCUT2D eigenvalue weighted by atomic mass is 10.2. The van der Waals surface area contributed by atoms with Gasteiger partial charge in [0.1, 0.15) is 11.6 Å². The highest BCUT2D eigenvalue weighted by molar-refractivity contribution is 8.18. The molecule has 4 rings (SSSR count). The normalized spacial score (nSPS) is 14.8. The Bertz CT molecular complexity index is 1260. The maximum atomic E-state index is 13.8. The molecule has 1 aromatic heterocycles. The Morgan fingerprint density at radius 1 is 1.12 bits per heavy atom. The maximum absolute atomic E-state index is 13.8. The van der Waals surface area contributed by atoms with Gasteiger partial charge in [-0.1, -0.05) is 23.4 Å². The second-order valence-corrected chi connectivity index (χ2v) is 8.22. The van der Waals surface area contributed by atoms with Gasteiger partial charge in [-0.15, -0.1) is 0 Å². The monoisotopic (exact) mass is 484 g/mol. The smallest absolute Gasteiger partial charge is 0.293 e. The van der Waals surface area contributed by atoms with Crippen LogP contribution in [0.15, 0.2) is 58.0 Å². The summed E-state index contributed by atoms with van der Waals surface area (Å²) in [5, 5.41) is 5.96. The van der Waals surface area contributed by atoms with E-state index in [9.17, 15) is 23.2 Å². The van der Waals surface area contributed by atoms with Gasteiger partial charge in [0.05, 0.1) is 4.91 Å². The minimum atomic E-state index is -0.535. The van der Waals surface area contributed by atoms with Crippen molar-refractivity contribution >= 4 is 34.9 Å². The van der Waals surface area contributed by atoms with E-state index in [2.05, 4.69) is 15.5 Å². The summed E-state index contributed by atoms with van der Waals surface area (Å²) < 4.78 is 31.9. The van der Waals surface area contributed by atoms with Gasteiger partial charge >= 0.3 is 0 Å². The Balaban J connectivity index is 1.24. The molecule has 1 saturated heterocycles. The van der Waals surface area contributed by atoms with Gasteiger partial charge in [0.2, 0.25) is 17.6 Å². The SMILES string of the molecule is O=C(CCc1nc(-c2ccc(F)cc2)no1)NCCN1C(=O)S/C(=C\c2ccccc2F)C1=O. The van der Waals surface area contributed by atoms with E-state index in [0.29, 0.717) is 11.4 Å². The van der Waals surface area contributed by atoms with Crippen LogP contribution in [0.1, 0.15) is 17.9 Å². The van der Waals surface area contributed by atoms with Crippen LogP contribution in [0.25, 0.3) is 17.5 Å². The van der Waals surface area contributed by atoms with Gasteiger partial charge < -0.3 is 9.84 Å². The number of amides is 3. The molecule has 2 heterocycles. The van der Waals surface area contributed by atoms with E-state index in [1.807, 2.05) is 0 Å². The molecule has 1 aliphatic rings. The van der Waals surface area contributed by atoms with Gasteiger partial charge in [-0.3, -0.25) is 19.3 Å². The molecule has 3 aromatic rings. The molecule has 11 heteroatoms. The van der Waals surface area contributed by atoms with Crippen LogP contribution in [0.4, 0.5) is 13.6 Å². The molecule has 0 atom stereocenters. The van der Waals surface area contributed by atoms with Crippen LogP contribution in [-0.2, 0) is 16.0 Å². The zero-order valence-corrected chi connectivity index (χ0v) is 18.5. The van der Waals surface area contributed by atoms with Crippen molar-refractivity contribution < 1.29 is 27.7 Å². The molecule has 0 bridgehead atoms. The van der Waals surface area contributed by atoms with Crippen molar-refractivity contribution in [3.05, 3.63) is 76.5 Å². The standard InChI is InChI=1S/C23H18F2N4O4S/c24-16-7-5-14(6-8-16)21-27-20(33-28-21)10-9-19(30)26-11-12-29-22(31)18(34-23(29)32)13-15-3-1-2-4-17(15)25/h1-8,13H,9-12H2,(H,26,30)/b18-13-. The van der Waals surface area contributed by atoms with E-state index in [0.717, 1.165) is 16.7 Å². The number of benzene rings is 2. The number of nitrogens with one attached hydrogen (secondary N) is 1. The summed E-state index contributed by atoms with van der Waals surface area (Å²) in [4.78, 5) is 42.1. The first kappa shape index (κ1) is 23.3. The van der Waals surface area contributed by atoms with Crippen molar-refractivity contribution in [2.45, 2.75) is 12.8 Å². The fourth-order valence-electron chi connectivity index (χ4n) is 3.11. The number of rotatable bonds is 8. The Hall–Kier alpha value is -3.86. The van der Waals surface area contributed by atoms with Crippen molar-refractivity contribution in [1.82, 2.24) is 20.4 Å². The molecule has 0 spiro atoms. The number of imide groups is 1. The first-order chi connectivity index (χ1) is 16.4. The third-order valence-electron chi connectivity index (χ3n) is 4.86. The Morgan fingerprint density at radius 2 is 1.88 bits per heavy atom. The number of hydrogen-bond donors (Lipinski definition) is 1. The average Bonchev–Trinajstić information content (AvgIpc) is 3.40. The lowest BCUT2D eigenvalue weighted by Gasteiger charge is -2.12. The minimum Gasteiger partial charge on any atom is -0.354 e. The molecule has 174 valence electrons. The number of nitrogens with zero attached hydrogens (tertiary/aromatic N) is 3. The highest BCUT2D eigenvalue weighted by atomic mass is 32.2. The van der Waals surface area contributed by atoms with E-state index in [-0.39, 0.29) is 54.0 Å². The number of aromatic nitrogens is 2. The van der Waals surface area contributed by atoms with Gasteiger partial charge in [0.15, 0.2) is 0 Å². The fraction of sp³-hybridized carbons (Fsp3) is 0.174. The van der Waals surface area contributed by atoms with Crippen LogP contribution in [0, 0.1) is 11.6 Å². The minimum absolute atomic E-state index is 0.0136. The first-order valence-electron chi connectivity index (χ1n) is 10.3. The zero-order valence-electron chi connectivity index (χ0n) is 17.7. The van der Waals surface area contributed by atoms with Gasteiger partial charge in [0.25, 0.3) is 11.1 Å². The predicted molar refractivity (Wildman–Crippen MR) is 120 cm³/mol. The van der Waals surface area contributed by atoms with Gasteiger partial charge in [-0.05, 0) is 48.2 Å². The number of carbonyl (C=O) groups excluding carboxylic acids is 3. The summed E-state index contributed by atoms with van der Waals surface area (Å²) in [6, 6.07) is 11.5. The molecule has 0 saturated carbocycles. The topological polar surface area (TPSA) is 105 Å². The third kappa shape index (κ3) is 5.54. The second kappa shape index (κ2) is 10.4. The molecular weight excluding hydrogens is 466 g/mol. The van der Waals surface area contributed by atoms with E-state index < -0.39 is 17.0 Å². The van der Waals surface area contributed by atoms with E-state index in [1.165, 1.54) is 48.5 Å². The van der Waals surface area contributed by atoms with Crippen molar-refractivity contribution in [3.63, 3.8) is 0 Å². The summed E-state index contributed by atoms with van der Waals surface area (Å²) in [6.45, 7) is 0.0504. The summed E-state index contributed by atoms with van der Waals surface area (Å²) in [5.41, 5.74) is 0.798. The number of carbonyl (C=O) groups is 3. The first-order valence-corrected chi connectivity index (χ1v) is 11.1. The Morgan fingerprint density at radius 3 is 2.65 bits per heavy atom. The second-order valence-electron chi connectivity index (χ2n) is 7.22. The number of halogens is 2. The molecule has 34 heavy (non-hydrogen) atoms. The molecule has 1 aliphatic heterocycles. The zero-order chi connectivity index (χ0) is 24.1. The van der Waals surface area contributed by atoms with Crippen molar-refractivity contribution in [3.8, 4) is 11.4 Å². The summed E-state index contributed by atoms with van der Waals surface area (Å²) in [7, 11) is 0. The molecule has 1 N–H and O–H groups in total. The molecule has 3 amide bonds. The van der Waals surface area contributed by atoms with Crippen LogP contribution in [-0.4, -0.2) is 45.2 Å². The van der Waals surface area contributed by atoms with Crippen LogP contribution in [0.5, 0.6) is 0 Å². The molecule has 0 unspecified atom stereocenters. The highest BCUT2D eigenvalue weighted by Crippen LogP contribution is 2.32. The van der Waals surface area contributed by atoms with Crippen LogP contribution >= 0.6 is 11.8 Å². The van der Waals surface area contributed by atoms with Gasteiger partial charge in [-0.25, -0.2) is 8.78 Å². The largest absolute Gasteiger partial charge is 0.354 e. The van der Waals surface area contributed by atoms with Crippen molar-refractivity contribution in [1.29, 1.82) is 0 Å². The predicted octanol–water partition coefficient (Wildman–Crippen LogP) is 3.80. The summed E-state index contributed by atoms with van der Waals surface area (Å²) in [5.74, 6) is -1.19. The van der Waals surface area contributed by atoms with E-state index >= 15 is 0 Å². The third-order valence-corrected chi connectivity index (χ3v) is 5.77. The van der Waals surface area contributed by atoms with Crippen LogP contribution < -0.4 is 5.32 Å². The number of thioether (sulfide) groups is 1. The molecule has 0 aliphatic carbocycles. The molecule has 8 nitrogen and oxygen atoms in total. The van der Waals surface area contributed by atoms with Crippen LogP contribution in [0.3, 0.4) is 0 Å². The number of hydrogen-bond acceptors (Lipinski definition) is 7. The molecule has 2 aromatic carbocycles. The fourth-order valence-corrected chi connectivity index (χ4v) is 3.97. The van der Waals surface area contributed by atoms with Gasteiger partial charge in [0, 0.05) is 37.1 Å². The van der Waals surface area contributed by atoms with Crippen molar-refractivity contribution in [2.75, 3.05) is 13.1 Å². The lowest BCUT2D eigenvalue weighted by molar-refractivity contribution is -0.124. The van der Waals surface area contributed by atoms with Crippen molar-refractivity contribution in [2.24, 2.45) is 0 Å². The molecule has 0 radical (unpaired) electrons. The molecule has 1 fully saturated rings. The lowest BCUT2D eigenvalue weighted by Crippen LogP contribution is -2.37. The van der Waals surface area contributed by atoms with E-state index in [1.54, 1.807) is 6.07 Å². The van der Waals surface area contributed by atoms with Crippen LogP contribution in [0.2, 0.25) is 0 Å². The quantitative estimate of drug-likeness (QED) is 0.485. The van der Waals surface area contributed by atoms with Gasteiger partial charge in [-0.2, -0.15) is 4.98 Å². The Labute approximate surface area is 197 Å². The Kier molecular flexibility index (Phi) is 7.12. The average molecular weight is 484 g/mol. The maximum Gasteiger partial charge on any atom is 0.293 e.